The van der Waals surface area contributed by atoms with Crippen LogP contribution in [0, 0.1) is 0 Å². The Balaban J connectivity index is 1.94. The van der Waals surface area contributed by atoms with Crippen LogP contribution in [0.15, 0.2) is 28.8 Å². The Morgan fingerprint density at radius 2 is 2.22 bits per heavy atom. The monoisotopic (exact) mass is 245 g/mol. The van der Waals surface area contributed by atoms with Gasteiger partial charge in [-0.05, 0) is 25.0 Å². The van der Waals surface area contributed by atoms with Crippen LogP contribution < -0.4 is 5.73 Å². The number of phenols is 1. The molecule has 1 aromatic carbocycles. The average Bonchev–Trinajstić information content (AvgIpc) is 2.78. The second kappa shape index (κ2) is 4.10. The van der Waals surface area contributed by atoms with Gasteiger partial charge in [0.1, 0.15) is 5.75 Å². The van der Waals surface area contributed by atoms with Crippen molar-refractivity contribution in [3.8, 4) is 17.1 Å². The van der Waals surface area contributed by atoms with Gasteiger partial charge >= 0.3 is 0 Å². The van der Waals surface area contributed by atoms with Crippen LogP contribution in [-0.2, 0) is 5.41 Å². The lowest BCUT2D eigenvalue weighted by Crippen LogP contribution is -2.41. The number of nitrogens with zero attached hydrogens (tertiary/aromatic N) is 2. The Morgan fingerprint density at radius 1 is 1.39 bits per heavy atom. The van der Waals surface area contributed by atoms with E-state index in [1.165, 1.54) is 0 Å². The molecule has 3 N–H and O–H groups in total. The van der Waals surface area contributed by atoms with E-state index in [1.807, 2.05) is 6.07 Å². The van der Waals surface area contributed by atoms with Crippen molar-refractivity contribution >= 4 is 0 Å². The zero-order chi connectivity index (χ0) is 12.6. The van der Waals surface area contributed by atoms with Crippen LogP contribution >= 0.6 is 0 Å². The Kier molecular flexibility index (Phi) is 2.56. The molecule has 0 radical (unpaired) electrons. The lowest BCUT2D eigenvalue weighted by molar-refractivity contribution is 0.182. The minimum Gasteiger partial charge on any atom is -0.508 e. The third kappa shape index (κ3) is 1.67. The smallest absolute Gasteiger partial charge is 0.234 e. The minimum absolute atomic E-state index is 0.123. The fraction of sp³-hybridized carbons (Fsp3) is 0.385. The molecular weight excluding hydrogens is 230 g/mol. The van der Waals surface area contributed by atoms with E-state index in [4.69, 9.17) is 10.3 Å². The van der Waals surface area contributed by atoms with Gasteiger partial charge in [0.25, 0.3) is 0 Å². The largest absolute Gasteiger partial charge is 0.508 e. The summed E-state index contributed by atoms with van der Waals surface area (Å²) in [7, 11) is 0. The maximum absolute atomic E-state index is 9.44. The van der Waals surface area contributed by atoms with E-state index < -0.39 is 0 Å². The van der Waals surface area contributed by atoms with Gasteiger partial charge in [0.05, 0.1) is 5.41 Å². The number of phenolic OH excluding ortho intramolecular Hbond substituents is 1. The fourth-order valence-corrected chi connectivity index (χ4v) is 2.31. The van der Waals surface area contributed by atoms with E-state index in [9.17, 15) is 5.11 Å². The third-order valence-corrected chi connectivity index (χ3v) is 3.69. The van der Waals surface area contributed by atoms with Crippen LogP contribution in [-0.4, -0.2) is 21.8 Å². The highest BCUT2D eigenvalue weighted by atomic mass is 16.5. The van der Waals surface area contributed by atoms with E-state index in [0.29, 0.717) is 18.3 Å². The molecule has 0 atom stereocenters. The minimum atomic E-state index is -0.123. The van der Waals surface area contributed by atoms with Crippen molar-refractivity contribution in [3.63, 3.8) is 0 Å². The second-order valence-electron chi connectivity index (χ2n) is 4.81. The van der Waals surface area contributed by atoms with Crippen molar-refractivity contribution in [2.24, 2.45) is 5.73 Å². The topological polar surface area (TPSA) is 85.2 Å². The molecule has 1 aliphatic carbocycles. The first-order valence-electron chi connectivity index (χ1n) is 6.07. The molecule has 5 nitrogen and oxygen atoms in total. The van der Waals surface area contributed by atoms with Gasteiger partial charge in [-0.2, -0.15) is 4.98 Å². The third-order valence-electron chi connectivity index (χ3n) is 3.69. The van der Waals surface area contributed by atoms with Gasteiger partial charge in [0.2, 0.25) is 11.7 Å². The van der Waals surface area contributed by atoms with Crippen LogP contribution in [0.3, 0.4) is 0 Å². The quantitative estimate of drug-likeness (QED) is 0.861. The first-order chi connectivity index (χ1) is 8.73. The predicted octanol–water partition coefficient (Wildman–Crippen LogP) is 1.82. The van der Waals surface area contributed by atoms with Crippen molar-refractivity contribution in [3.05, 3.63) is 30.2 Å². The van der Waals surface area contributed by atoms with Crippen LogP contribution in [0.1, 0.15) is 25.2 Å². The highest BCUT2D eigenvalue weighted by molar-refractivity contribution is 5.56. The summed E-state index contributed by atoms with van der Waals surface area (Å²) in [5, 5.41) is 13.4. The SMILES string of the molecule is NCC1(c2nc(-c3cccc(O)c3)no2)CCC1. The molecule has 0 amide bonds. The normalized spacial score (nSPS) is 17.4. The molecule has 1 aliphatic rings. The number of nitrogens with two attached hydrogens (primary N) is 1. The zero-order valence-corrected chi connectivity index (χ0v) is 9.97. The number of hydrogen-bond acceptors (Lipinski definition) is 5. The lowest BCUT2D eigenvalue weighted by atomic mass is 9.69. The van der Waals surface area contributed by atoms with Gasteiger partial charge < -0.3 is 15.4 Å². The van der Waals surface area contributed by atoms with Gasteiger partial charge in [-0.1, -0.05) is 23.7 Å². The molecule has 0 unspecified atom stereocenters. The molecular formula is C13H15N3O2. The fourth-order valence-electron chi connectivity index (χ4n) is 2.31. The summed E-state index contributed by atoms with van der Waals surface area (Å²) in [5.74, 6) is 1.31. The molecule has 5 heteroatoms. The zero-order valence-electron chi connectivity index (χ0n) is 9.97. The van der Waals surface area contributed by atoms with Gasteiger partial charge in [-0.15, -0.1) is 0 Å². The van der Waals surface area contributed by atoms with E-state index in [2.05, 4.69) is 10.1 Å². The van der Waals surface area contributed by atoms with Crippen LogP contribution in [0.2, 0.25) is 0 Å². The molecule has 0 saturated heterocycles. The molecule has 1 fully saturated rings. The van der Waals surface area contributed by atoms with Crippen molar-refractivity contribution in [2.75, 3.05) is 6.54 Å². The molecule has 3 rings (SSSR count). The summed E-state index contributed by atoms with van der Waals surface area (Å²) in [5.41, 5.74) is 6.43. The van der Waals surface area contributed by atoms with Gasteiger partial charge in [-0.3, -0.25) is 0 Å². The standard InChI is InChI=1S/C13H15N3O2/c14-8-13(5-2-6-13)12-15-11(16-18-12)9-3-1-4-10(17)7-9/h1,3-4,7,17H,2,5-6,8,14H2. The first-order valence-corrected chi connectivity index (χ1v) is 6.07. The second-order valence-corrected chi connectivity index (χ2v) is 4.81. The molecule has 0 bridgehead atoms. The van der Waals surface area contributed by atoms with Crippen LogP contribution in [0.5, 0.6) is 5.75 Å². The predicted molar refractivity (Wildman–Crippen MR) is 66.0 cm³/mol. The van der Waals surface area contributed by atoms with Gasteiger partial charge in [0.15, 0.2) is 0 Å². The van der Waals surface area contributed by atoms with Crippen molar-refractivity contribution in [2.45, 2.75) is 24.7 Å². The van der Waals surface area contributed by atoms with E-state index in [0.717, 1.165) is 24.8 Å². The summed E-state index contributed by atoms with van der Waals surface area (Å²) in [6, 6.07) is 6.81. The first kappa shape index (κ1) is 11.2. The summed E-state index contributed by atoms with van der Waals surface area (Å²) in [6.45, 7) is 0.536. The lowest BCUT2D eigenvalue weighted by Gasteiger charge is -2.36. The number of aromatic nitrogens is 2. The van der Waals surface area contributed by atoms with E-state index >= 15 is 0 Å². The number of rotatable bonds is 3. The summed E-state index contributed by atoms with van der Waals surface area (Å²) >= 11 is 0. The maximum atomic E-state index is 9.44. The Hall–Kier alpha value is -1.88. The number of benzene rings is 1. The molecule has 1 heterocycles. The molecule has 1 aromatic heterocycles. The molecule has 94 valence electrons. The number of aromatic hydroxyl groups is 1. The Morgan fingerprint density at radius 3 is 2.83 bits per heavy atom. The van der Waals surface area contributed by atoms with Crippen molar-refractivity contribution < 1.29 is 9.63 Å². The molecule has 0 spiro atoms. The molecule has 2 aromatic rings. The van der Waals surface area contributed by atoms with Gasteiger partial charge in [0, 0.05) is 12.1 Å². The molecule has 0 aliphatic heterocycles. The Bertz CT molecular complexity index is 555. The van der Waals surface area contributed by atoms with Crippen LogP contribution in [0.4, 0.5) is 0 Å². The van der Waals surface area contributed by atoms with Gasteiger partial charge in [-0.25, -0.2) is 0 Å². The average molecular weight is 245 g/mol. The molecule has 1 saturated carbocycles. The van der Waals surface area contributed by atoms with E-state index in [-0.39, 0.29) is 11.2 Å². The summed E-state index contributed by atoms with van der Waals surface area (Å²) in [6.07, 6.45) is 3.16. The van der Waals surface area contributed by atoms with Crippen molar-refractivity contribution in [1.29, 1.82) is 0 Å². The summed E-state index contributed by atoms with van der Waals surface area (Å²) in [4.78, 5) is 4.42. The maximum Gasteiger partial charge on any atom is 0.234 e. The Labute approximate surface area is 105 Å². The van der Waals surface area contributed by atoms with Crippen molar-refractivity contribution in [1.82, 2.24) is 10.1 Å². The van der Waals surface area contributed by atoms with Crippen LogP contribution in [0.25, 0.3) is 11.4 Å². The highest BCUT2D eigenvalue weighted by Gasteiger charge is 2.42. The summed E-state index contributed by atoms with van der Waals surface area (Å²) < 4.78 is 5.33. The molecule has 18 heavy (non-hydrogen) atoms. The van der Waals surface area contributed by atoms with E-state index in [1.54, 1.807) is 18.2 Å². The highest BCUT2D eigenvalue weighted by Crippen LogP contribution is 2.42. The number of hydrogen-bond donors (Lipinski definition) is 2.